The molecule has 0 bridgehead atoms. The average molecular weight is 472 g/mol. The molecule has 1 aromatic rings. The number of fused-ring (bicyclic) bond motifs is 1. The van der Waals surface area contributed by atoms with Gasteiger partial charge in [-0.05, 0) is 55.3 Å². The molecule has 8 heteroatoms. The minimum atomic E-state index is -3.69. The van der Waals surface area contributed by atoms with Crippen LogP contribution >= 0.6 is 15.9 Å². The van der Waals surface area contributed by atoms with Gasteiger partial charge in [-0.3, -0.25) is 4.79 Å². The van der Waals surface area contributed by atoms with Crippen LogP contribution < -0.4 is 9.62 Å². The molecule has 0 radical (unpaired) electrons. The van der Waals surface area contributed by atoms with Gasteiger partial charge in [0, 0.05) is 37.6 Å². The standard InChI is InChI=1S/C20H30BrN3O3S/c1-14-9-15(2)13-23(12-14)7-4-6-22-28(26,27)19-11-18(21)10-17-5-8-24(16(3)25)20(17)19/h10-11,14-15,22H,4-9,12-13H2,1-3H3. The molecule has 28 heavy (non-hydrogen) atoms. The van der Waals surface area contributed by atoms with Crippen LogP contribution in [0.2, 0.25) is 0 Å². The lowest BCUT2D eigenvalue weighted by Gasteiger charge is -2.34. The van der Waals surface area contributed by atoms with E-state index in [1.165, 1.54) is 13.3 Å². The van der Waals surface area contributed by atoms with Crippen molar-refractivity contribution < 1.29 is 13.2 Å². The van der Waals surface area contributed by atoms with Crippen LogP contribution in [0.1, 0.15) is 39.2 Å². The first-order valence-corrected chi connectivity index (χ1v) is 12.3. The van der Waals surface area contributed by atoms with E-state index in [4.69, 9.17) is 0 Å². The number of hydrogen-bond donors (Lipinski definition) is 1. The smallest absolute Gasteiger partial charge is 0.242 e. The maximum absolute atomic E-state index is 13.0. The lowest BCUT2D eigenvalue weighted by molar-refractivity contribution is -0.116. The predicted molar refractivity (Wildman–Crippen MR) is 115 cm³/mol. The molecule has 2 atom stereocenters. The van der Waals surface area contributed by atoms with Crippen molar-refractivity contribution in [1.29, 1.82) is 0 Å². The first-order valence-electron chi connectivity index (χ1n) is 10.00. The molecule has 1 amide bonds. The normalized spacial score (nSPS) is 23.1. The Morgan fingerprint density at radius 3 is 2.57 bits per heavy atom. The summed E-state index contributed by atoms with van der Waals surface area (Å²) in [6.07, 6.45) is 2.71. The van der Waals surface area contributed by atoms with Crippen molar-refractivity contribution in [3.8, 4) is 0 Å². The number of likely N-dealkylation sites (tertiary alicyclic amines) is 1. The Bertz CT molecular complexity index is 833. The first kappa shape index (κ1) is 21.7. The molecule has 0 spiro atoms. The molecule has 156 valence electrons. The molecule has 6 nitrogen and oxygen atoms in total. The van der Waals surface area contributed by atoms with Gasteiger partial charge in [0.25, 0.3) is 0 Å². The van der Waals surface area contributed by atoms with E-state index < -0.39 is 10.0 Å². The molecule has 3 rings (SSSR count). The molecular formula is C20H30BrN3O3S. The summed E-state index contributed by atoms with van der Waals surface area (Å²) in [6.45, 7) is 10.0. The van der Waals surface area contributed by atoms with Gasteiger partial charge in [0.05, 0.1) is 5.69 Å². The van der Waals surface area contributed by atoms with E-state index in [0.29, 0.717) is 41.5 Å². The maximum atomic E-state index is 13.0. The van der Waals surface area contributed by atoms with Gasteiger partial charge in [-0.2, -0.15) is 0 Å². The van der Waals surface area contributed by atoms with Crippen LogP contribution in [0.25, 0.3) is 0 Å². The van der Waals surface area contributed by atoms with Gasteiger partial charge in [-0.1, -0.05) is 29.8 Å². The van der Waals surface area contributed by atoms with Crippen molar-refractivity contribution in [2.75, 3.05) is 37.6 Å². The van der Waals surface area contributed by atoms with Crippen molar-refractivity contribution in [2.45, 2.75) is 44.9 Å². The molecule has 1 N–H and O–H groups in total. The first-order chi connectivity index (χ1) is 13.2. The Morgan fingerprint density at radius 1 is 1.25 bits per heavy atom. The number of nitrogens with zero attached hydrogens (tertiary/aromatic N) is 2. The van der Waals surface area contributed by atoms with E-state index in [1.54, 1.807) is 11.0 Å². The number of amides is 1. The third kappa shape index (κ3) is 4.96. The van der Waals surface area contributed by atoms with Crippen LogP contribution in [-0.4, -0.2) is 51.9 Å². The maximum Gasteiger partial charge on any atom is 0.242 e. The van der Waals surface area contributed by atoms with Crippen LogP contribution in [0.4, 0.5) is 5.69 Å². The Balaban J connectivity index is 1.66. The molecular weight excluding hydrogens is 442 g/mol. The summed E-state index contributed by atoms with van der Waals surface area (Å²) >= 11 is 3.41. The van der Waals surface area contributed by atoms with E-state index in [-0.39, 0.29) is 10.8 Å². The monoisotopic (exact) mass is 471 g/mol. The zero-order chi connectivity index (χ0) is 20.5. The van der Waals surface area contributed by atoms with Gasteiger partial charge in [0.15, 0.2) is 0 Å². The number of carbonyl (C=O) groups excluding carboxylic acids is 1. The number of rotatable bonds is 6. The number of hydrogen-bond acceptors (Lipinski definition) is 4. The molecule has 1 saturated heterocycles. The van der Waals surface area contributed by atoms with Crippen molar-refractivity contribution in [3.63, 3.8) is 0 Å². The summed E-state index contributed by atoms with van der Waals surface area (Å²) in [5.41, 5.74) is 1.42. The van der Waals surface area contributed by atoms with Crippen LogP contribution in [0, 0.1) is 11.8 Å². The highest BCUT2D eigenvalue weighted by atomic mass is 79.9. The number of piperidine rings is 1. The molecule has 2 aliphatic rings. The number of nitrogens with one attached hydrogen (secondary N) is 1. The summed E-state index contributed by atoms with van der Waals surface area (Å²) in [4.78, 5) is 16.1. The van der Waals surface area contributed by atoms with E-state index in [0.717, 1.165) is 31.6 Å². The third-order valence-electron chi connectivity index (χ3n) is 5.55. The SMILES string of the molecule is CC(=O)N1CCc2cc(Br)cc(S(=O)(=O)NCCCN3CC(C)CC(C)C3)c21. The topological polar surface area (TPSA) is 69.7 Å². The van der Waals surface area contributed by atoms with Gasteiger partial charge in [0.1, 0.15) is 4.90 Å². The summed E-state index contributed by atoms with van der Waals surface area (Å²) in [7, 11) is -3.69. The molecule has 2 heterocycles. The number of sulfonamides is 1. The fourth-order valence-electron chi connectivity index (χ4n) is 4.55. The van der Waals surface area contributed by atoms with E-state index >= 15 is 0 Å². The average Bonchev–Trinajstić information content (AvgIpc) is 3.01. The minimum Gasteiger partial charge on any atom is -0.311 e. The van der Waals surface area contributed by atoms with Crippen LogP contribution in [0.15, 0.2) is 21.5 Å². The highest BCUT2D eigenvalue weighted by molar-refractivity contribution is 9.10. The molecule has 1 aromatic carbocycles. The second-order valence-corrected chi connectivity index (χ2v) is 10.9. The number of anilines is 1. The van der Waals surface area contributed by atoms with E-state index in [2.05, 4.69) is 39.4 Å². The fourth-order valence-corrected chi connectivity index (χ4v) is 6.55. The third-order valence-corrected chi connectivity index (χ3v) is 7.48. The zero-order valence-corrected chi connectivity index (χ0v) is 19.3. The molecule has 1 fully saturated rings. The zero-order valence-electron chi connectivity index (χ0n) is 16.9. The van der Waals surface area contributed by atoms with Crippen molar-refractivity contribution >= 4 is 37.5 Å². The molecule has 0 saturated carbocycles. The van der Waals surface area contributed by atoms with Gasteiger partial charge in [-0.25, -0.2) is 13.1 Å². The Kier molecular flexibility index (Phi) is 6.84. The van der Waals surface area contributed by atoms with Gasteiger partial charge < -0.3 is 9.80 Å². The molecule has 0 aromatic heterocycles. The van der Waals surface area contributed by atoms with Gasteiger partial charge in [0.2, 0.25) is 15.9 Å². The highest BCUT2D eigenvalue weighted by Crippen LogP contribution is 2.37. The Morgan fingerprint density at radius 2 is 1.93 bits per heavy atom. The lowest BCUT2D eigenvalue weighted by atomic mass is 9.92. The predicted octanol–water partition coefficient (Wildman–Crippen LogP) is 3.00. The van der Waals surface area contributed by atoms with Gasteiger partial charge in [-0.15, -0.1) is 0 Å². The molecule has 2 unspecified atom stereocenters. The molecule has 0 aliphatic carbocycles. The van der Waals surface area contributed by atoms with Crippen LogP contribution in [0.5, 0.6) is 0 Å². The quantitative estimate of drug-likeness (QED) is 0.647. The van der Waals surface area contributed by atoms with Gasteiger partial charge >= 0.3 is 0 Å². The summed E-state index contributed by atoms with van der Waals surface area (Å²) in [6, 6.07) is 3.49. The second-order valence-electron chi connectivity index (χ2n) is 8.29. The minimum absolute atomic E-state index is 0.133. The summed E-state index contributed by atoms with van der Waals surface area (Å²) < 4.78 is 29.4. The lowest BCUT2D eigenvalue weighted by Crippen LogP contribution is -2.40. The Hall–Kier alpha value is -0.960. The molecule has 2 aliphatic heterocycles. The van der Waals surface area contributed by atoms with Crippen molar-refractivity contribution in [3.05, 3.63) is 22.2 Å². The van der Waals surface area contributed by atoms with E-state index in [9.17, 15) is 13.2 Å². The fraction of sp³-hybridized carbons (Fsp3) is 0.650. The Labute approximate surface area is 176 Å². The number of carbonyl (C=O) groups is 1. The largest absolute Gasteiger partial charge is 0.311 e. The van der Waals surface area contributed by atoms with E-state index in [1.807, 2.05) is 6.07 Å². The van der Waals surface area contributed by atoms with Crippen molar-refractivity contribution in [2.24, 2.45) is 11.8 Å². The summed E-state index contributed by atoms with van der Waals surface area (Å²) in [5.74, 6) is 1.26. The second kappa shape index (κ2) is 8.81. The number of halogens is 1. The van der Waals surface area contributed by atoms with Crippen molar-refractivity contribution in [1.82, 2.24) is 9.62 Å². The number of benzene rings is 1. The van der Waals surface area contributed by atoms with Crippen LogP contribution in [-0.2, 0) is 21.2 Å². The van der Waals surface area contributed by atoms with Crippen LogP contribution in [0.3, 0.4) is 0 Å². The summed E-state index contributed by atoms with van der Waals surface area (Å²) in [5, 5.41) is 0. The highest BCUT2D eigenvalue weighted by Gasteiger charge is 2.31.